The topological polar surface area (TPSA) is 55.8 Å². The van der Waals surface area contributed by atoms with Crippen molar-refractivity contribution in [2.24, 2.45) is 0 Å². The molecule has 4 heteroatoms. The van der Waals surface area contributed by atoms with Gasteiger partial charge in [0.25, 0.3) is 0 Å². The van der Waals surface area contributed by atoms with E-state index in [0.29, 0.717) is 13.0 Å². The number of hydrogen-bond donors (Lipinski definition) is 1. The van der Waals surface area contributed by atoms with E-state index in [-0.39, 0.29) is 5.60 Å². The van der Waals surface area contributed by atoms with Crippen LogP contribution in [0.15, 0.2) is 0 Å². The molecule has 27 heavy (non-hydrogen) atoms. The Balaban J connectivity index is 3.75. The van der Waals surface area contributed by atoms with Gasteiger partial charge in [-0.15, -0.1) is 0 Å². The molecule has 0 aliphatic carbocycles. The van der Waals surface area contributed by atoms with Crippen LogP contribution in [0, 0.1) is 0 Å². The summed E-state index contributed by atoms with van der Waals surface area (Å²) < 4.78 is 11.3. The molecule has 0 unspecified atom stereocenters. The van der Waals surface area contributed by atoms with Gasteiger partial charge in [-0.1, -0.05) is 71.1 Å². The lowest BCUT2D eigenvalue weighted by molar-refractivity contribution is -0.168. The van der Waals surface area contributed by atoms with E-state index in [1.807, 2.05) is 13.8 Å². The molecule has 4 nitrogen and oxygen atoms in total. The van der Waals surface area contributed by atoms with Gasteiger partial charge in [0.15, 0.2) is 0 Å². The summed E-state index contributed by atoms with van der Waals surface area (Å²) >= 11 is 0. The number of hydrogen-bond acceptors (Lipinski definition) is 4. The van der Waals surface area contributed by atoms with Crippen LogP contribution >= 0.6 is 0 Å². The van der Waals surface area contributed by atoms with Gasteiger partial charge in [-0.3, -0.25) is 0 Å². The molecule has 0 rings (SSSR count). The monoisotopic (exact) mass is 386 g/mol. The van der Waals surface area contributed by atoms with Crippen molar-refractivity contribution in [2.45, 2.75) is 136 Å². The first kappa shape index (κ1) is 26.4. The Morgan fingerprint density at radius 1 is 0.815 bits per heavy atom. The highest BCUT2D eigenvalue weighted by molar-refractivity contribution is 5.74. The van der Waals surface area contributed by atoms with Crippen LogP contribution in [0.25, 0.3) is 0 Å². The fourth-order valence-electron chi connectivity index (χ4n) is 3.09. The van der Waals surface area contributed by atoms with Crippen molar-refractivity contribution in [1.29, 1.82) is 0 Å². The standard InChI is InChI=1S/C23H46O4/c1-7-8-9-10-11-12-13-14-15-16-17-22(3,4)26-19-18-23(5,6)27-21(25)20(2)24/h20,24H,7-19H2,1-6H3/t20-/m0/s1. The molecule has 162 valence electrons. The number of ether oxygens (including phenoxy) is 2. The first-order chi connectivity index (χ1) is 12.6. The van der Waals surface area contributed by atoms with Gasteiger partial charge in [-0.05, 0) is 41.0 Å². The molecular weight excluding hydrogens is 340 g/mol. The number of unbranched alkanes of at least 4 members (excludes halogenated alkanes) is 9. The maximum atomic E-state index is 11.5. The number of aliphatic hydroxyl groups excluding tert-OH is 1. The molecule has 0 heterocycles. The van der Waals surface area contributed by atoms with Crippen molar-refractivity contribution in [3.05, 3.63) is 0 Å². The third-order valence-corrected chi connectivity index (χ3v) is 5.05. The maximum absolute atomic E-state index is 11.5. The zero-order chi connectivity index (χ0) is 20.8. The summed E-state index contributed by atoms with van der Waals surface area (Å²) in [6.45, 7) is 12.2. The molecule has 0 aliphatic rings. The lowest BCUT2D eigenvalue weighted by atomic mass is 9.98. The zero-order valence-corrected chi connectivity index (χ0v) is 18.9. The quantitative estimate of drug-likeness (QED) is 0.239. The minimum atomic E-state index is -1.09. The summed E-state index contributed by atoms with van der Waals surface area (Å²) in [7, 11) is 0. The number of esters is 1. The molecule has 0 aromatic rings. The Kier molecular flexibility index (Phi) is 14.1. The Morgan fingerprint density at radius 3 is 1.78 bits per heavy atom. The van der Waals surface area contributed by atoms with E-state index in [4.69, 9.17) is 9.47 Å². The van der Waals surface area contributed by atoms with Crippen molar-refractivity contribution < 1.29 is 19.4 Å². The third kappa shape index (κ3) is 16.1. The van der Waals surface area contributed by atoms with Crippen LogP contribution in [0.5, 0.6) is 0 Å². The van der Waals surface area contributed by atoms with E-state index in [1.165, 1.54) is 71.1 Å². The number of carbonyl (C=O) groups is 1. The van der Waals surface area contributed by atoms with Crippen LogP contribution in [0.3, 0.4) is 0 Å². The van der Waals surface area contributed by atoms with E-state index in [0.717, 1.165) is 6.42 Å². The van der Waals surface area contributed by atoms with Crippen LogP contribution in [-0.2, 0) is 14.3 Å². The van der Waals surface area contributed by atoms with Crippen LogP contribution in [-0.4, -0.2) is 35.0 Å². The minimum Gasteiger partial charge on any atom is -0.458 e. The molecule has 1 N–H and O–H groups in total. The summed E-state index contributed by atoms with van der Waals surface area (Å²) in [6.07, 6.45) is 14.0. The molecule has 0 fully saturated rings. The van der Waals surface area contributed by atoms with Gasteiger partial charge in [-0.2, -0.15) is 0 Å². The van der Waals surface area contributed by atoms with Gasteiger partial charge < -0.3 is 14.6 Å². The van der Waals surface area contributed by atoms with E-state index in [9.17, 15) is 9.90 Å². The zero-order valence-electron chi connectivity index (χ0n) is 18.9. The average molecular weight is 387 g/mol. The molecule has 0 bridgehead atoms. The van der Waals surface area contributed by atoms with Crippen molar-refractivity contribution >= 4 is 5.97 Å². The molecule has 0 saturated carbocycles. The smallest absolute Gasteiger partial charge is 0.335 e. The largest absolute Gasteiger partial charge is 0.458 e. The average Bonchev–Trinajstić information content (AvgIpc) is 2.55. The van der Waals surface area contributed by atoms with Gasteiger partial charge in [0.2, 0.25) is 0 Å². The summed E-state index contributed by atoms with van der Waals surface area (Å²) in [6, 6.07) is 0. The normalized spacial score (nSPS) is 13.6. The Labute approximate surface area is 168 Å². The van der Waals surface area contributed by atoms with Gasteiger partial charge in [0, 0.05) is 6.42 Å². The highest BCUT2D eigenvalue weighted by atomic mass is 16.6. The molecule has 0 aliphatic heterocycles. The lowest BCUT2D eigenvalue weighted by Crippen LogP contribution is -2.35. The van der Waals surface area contributed by atoms with E-state index in [1.54, 1.807) is 0 Å². The van der Waals surface area contributed by atoms with Crippen molar-refractivity contribution in [2.75, 3.05) is 6.61 Å². The van der Waals surface area contributed by atoms with Gasteiger partial charge >= 0.3 is 5.97 Å². The maximum Gasteiger partial charge on any atom is 0.335 e. The van der Waals surface area contributed by atoms with Crippen LogP contribution in [0.1, 0.15) is 119 Å². The second kappa shape index (κ2) is 14.4. The first-order valence-electron chi connectivity index (χ1n) is 11.1. The predicted molar refractivity (Wildman–Crippen MR) is 113 cm³/mol. The van der Waals surface area contributed by atoms with Crippen molar-refractivity contribution in [3.63, 3.8) is 0 Å². The van der Waals surface area contributed by atoms with Crippen molar-refractivity contribution in [3.8, 4) is 0 Å². The van der Waals surface area contributed by atoms with Gasteiger partial charge in [0.05, 0.1) is 12.2 Å². The molecule has 0 spiro atoms. The van der Waals surface area contributed by atoms with Gasteiger partial charge in [-0.25, -0.2) is 4.79 Å². The first-order valence-corrected chi connectivity index (χ1v) is 11.1. The Bertz CT molecular complexity index is 375. The van der Waals surface area contributed by atoms with E-state index in [2.05, 4.69) is 20.8 Å². The summed E-state index contributed by atoms with van der Waals surface area (Å²) in [5.41, 5.74) is -0.772. The minimum absolute atomic E-state index is 0.148. The second-order valence-electron chi connectivity index (χ2n) is 9.15. The van der Waals surface area contributed by atoms with Crippen LogP contribution < -0.4 is 0 Å². The SMILES string of the molecule is CCCCCCCCCCCCC(C)(C)OCCC(C)(C)OC(=O)[C@H](C)O. The summed E-state index contributed by atoms with van der Waals surface area (Å²) in [4.78, 5) is 11.5. The number of carbonyl (C=O) groups excluding carboxylic acids is 1. The molecule has 0 radical (unpaired) electrons. The fourth-order valence-corrected chi connectivity index (χ4v) is 3.09. The van der Waals surface area contributed by atoms with Crippen molar-refractivity contribution in [1.82, 2.24) is 0 Å². The lowest BCUT2D eigenvalue weighted by Gasteiger charge is -2.30. The highest BCUT2D eigenvalue weighted by Gasteiger charge is 2.26. The van der Waals surface area contributed by atoms with Crippen LogP contribution in [0.2, 0.25) is 0 Å². The highest BCUT2D eigenvalue weighted by Crippen LogP contribution is 2.22. The Hall–Kier alpha value is -0.610. The molecular formula is C23H46O4. The molecule has 1 atom stereocenters. The summed E-state index contributed by atoms with van der Waals surface area (Å²) in [5, 5.41) is 9.26. The predicted octanol–water partition coefficient (Wildman–Crippen LogP) is 6.19. The second-order valence-corrected chi connectivity index (χ2v) is 9.15. The molecule has 0 aromatic carbocycles. The number of aliphatic hydroxyl groups is 1. The van der Waals surface area contributed by atoms with Crippen LogP contribution in [0.4, 0.5) is 0 Å². The van der Waals surface area contributed by atoms with E-state index < -0.39 is 17.7 Å². The Morgan fingerprint density at radius 2 is 1.30 bits per heavy atom. The third-order valence-electron chi connectivity index (χ3n) is 5.05. The molecule has 0 aromatic heterocycles. The number of rotatable bonds is 17. The molecule has 0 amide bonds. The van der Waals surface area contributed by atoms with E-state index >= 15 is 0 Å². The molecule has 0 saturated heterocycles. The fraction of sp³-hybridized carbons (Fsp3) is 0.957. The van der Waals surface area contributed by atoms with Gasteiger partial charge in [0.1, 0.15) is 11.7 Å². The summed E-state index contributed by atoms with van der Waals surface area (Å²) in [5.74, 6) is -0.579.